The Balaban J connectivity index is 1.96. The number of aromatic nitrogens is 3. The molecule has 0 aromatic carbocycles. The zero-order valence-corrected chi connectivity index (χ0v) is 10.6. The fourth-order valence-electron chi connectivity index (χ4n) is 3.13. The van der Waals surface area contributed by atoms with Crippen molar-refractivity contribution in [1.82, 2.24) is 20.1 Å². The molecule has 5 nitrogen and oxygen atoms in total. The lowest BCUT2D eigenvalue weighted by atomic mass is 9.90. The highest BCUT2D eigenvalue weighted by Crippen LogP contribution is 2.43. The van der Waals surface area contributed by atoms with Crippen LogP contribution in [-0.2, 0) is 11.8 Å². The molecule has 0 amide bonds. The van der Waals surface area contributed by atoms with Gasteiger partial charge in [0.2, 0.25) is 0 Å². The zero-order valence-electron chi connectivity index (χ0n) is 10.6. The van der Waals surface area contributed by atoms with Crippen LogP contribution in [0.2, 0.25) is 0 Å². The number of rotatable bonds is 1. The molecule has 1 spiro atoms. The molecule has 1 aromatic heterocycles. The molecule has 2 aliphatic rings. The third-order valence-electron chi connectivity index (χ3n) is 4.20. The Kier molecular flexibility index (Phi) is 2.67. The van der Waals surface area contributed by atoms with Crippen LogP contribution < -0.4 is 5.32 Å². The summed E-state index contributed by atoms with van der Waals surface area (Å²) in [6.45, 7) is 3.70. The number of morpholine rings is 1. The van der Waals surface area contributed by atoms with Crippen molar-refractivity contribution < 1.29 is 4.74 Å². The van der Waals surface area contributed by atoms with Crippen molar-refractivity contribution in [3.8, 4) is 0 Å². The Hall–Kier alpha value is -0.940. The minimum absolute atomic E-state index is 0.0362. The van der Waals surface area contributed by atoms with Gasteiger partial charge in [-0.2, -0.15) is 0 Å². The highest BCUT2D eigenvalue weighted by Gasteiger charge is 2.46. The zero-order chi connectivity index (χ0) is 11.9. The number of hydrogen-bond acceptors (Lipinski definition) is 4. The number of nitrogens with one attached hydrogen (secondary N) is 1. The Bertz CT molecular complexity index is 409. The van der Waals surface area contributed by atoms with E-state index in [4.69, 9.17) is 4.74 Å². The SMILES string of the molecule is Cc1nnc(C2NCCOC23CCCC3)n1C. The summed E-state index contributed by atoms with van der Waals surface area (Å²) < 4.78 is 8.19. The van der Waals surface area contributed by atoms with Crippen LogP contribution in [0.25, 0.3) is 0 Å². The maximum atomic E-state index is 6.11. The minimum atomic E-state index is -0.0362. The number of aryl methyl sites for hydroxylation is 1. The normalized spacial score (nSPS) is 27.8. The van der Waals surface area contributed by atoms with Crippen LogP contribution in [0.5, 0.6) is 0 Å². The molecule has 5 heteroatoms. The van der Waals surface area contributed by atoms with E-state index in [0.29, 0.717) is 0 Å². The molecule has 0 bridgehead atoms. The van der Waals surface area contributed by atoms with E-state index >= 15 is 0 Å². The van der Waals surface area contributed by atoms with E-state index < -0.39 is 0 Å². The molecule has 94 valence electrons. The van der Waals surface area contributed by atoms with Gasteiger partial charge in [0, 0.05) is 13.6 Å². The quantitative estimate of drug-likeness (QED) is 0.793. The predicted molar refractivity (Wildman–Crippen MR) is 63.6 cm³/mol. The van der Waals surface area contributed by atoms with Gasteiger partial charge in [0.15, 0.2) is 5.82 Å². The minimum Gasteiger partial charge on any atom is -0.372 e. The maximum Gasteiger partial charge on any atom is 0.152 e. The molecule has 1 aliphatic carbocycles. The van der Waals surface area contributed by atoms with E-state index in [9.17, 15) is 0 Å². The van der Waals surface area contributed by atoms with Crippen molar-refractivity contribution in [2.75, 3.05) is 13.2 Å². The van der Waals surface area contributed by atoms with Gasteiger partial charge in [0.1, 0.15) is 5.82 Å². The predicted octanol–water partition coefficient (Wildman–Crippen LogP) is 1.10. The molecule has 1 atom stereocenters. The Labute approximate surface area is 102 Å². The van der Waals surface area contributed by atoms with E-state index in [1.54, 1.807) is 0 Å². The topological polar surface area (TPSA) is 52.0 Å². The third kappa shape index (κ3) is 1.68. The lowest BCUT2D eigenvalue weighted by molar-refractivity contribution is -0.0961. The van der Waals surface area contributed by atoms with Gasteiger partial charge in [0.05, 0.1) is 18.2 Å². The van der Waals surface area contributed by atoms with Gasteiger partial charge in [0.25, 0.3) is 0 Å². The van der Waals surface area contributed by atoms with Crippen LogP contribution in [0.3, 0.4) is 0 Å². The fraction of sp³-hybridized carbons (Fsp3) is 0.833. The van der Waals surface area contributed by atoms with Crippen LogP contribution >= 0.6 is 0 Å². The first-order chi connectivity index (χ1) is 8.23. The first-order valence-electron chi connectivity index (χ1n) is 6.46. The summed E-state index contributed by atoms with van der Waals surface area (Å²) in [6.07, 6.45) is 4.79. The summed E-state index contributed by atoms with van der Waals surface area (Å²) in [6, 6.07) is 0.199. The van der Waals surface area contributed by atoms with Crippen molar-refractivity contribution in [2.24, 2.45) is 7.05 Å². The Morgan fingerprint density at radius 1 is 1.35 bits per heavy atom. The Morgan fingerprint density at radius 2 is 2.12 bits per heavy atom. The molecule has 2 fully saturated rings. The largest absolute Gasteiger partial charge is 0.372 e. The number of hydrogen-bond donors (Lipinski definition) is 1. The highest BCUT2D eigenvalue weighted by atomic mass is 16.5. The molecule has 17 heavy (non-hydrogen) atoms. The summed E-state index contributed by atoms with van der Waals surface area (Å²) in [4.78, 5) is 0. The summed E-state index contributed by atoms with van der Waals surface area (Å²) in [7, 11) is 2.03. The Morgan fingerprint density at radius 3 is 2.76 bits per heavy atom. The molecular formula is C12H20N4O. The molecule has 1 aliphatic heterocycles. The molecule has 0 radical (unpaired) electrons. The van der Waals surface area contributed by atoms with Gasteiger partial charge in [-0.3, -0.25) is 0 Å². The third-order valence-corrected chi connectivity index (χ3v) is 4.20. The molecule has 1 saturated carbocycles. The average molecular weight is 236 g/mol. The van der Waals surface area contributed by atoms with Crippen molar-refractivity contribution in [3.05, 3.63) is 11.6 Å². The summed E-state index contributed by atoms with van der Waals surface area (Å²) in [5.74, 6) is 1.98. The van der Waals surface area contributed by atoms with Crippen LogP contribution in [0.1, 0.15) is 43.4 Å². The van der Waals surface area contributed by atoms with Crippen molar-refractivity contribution in [3.63, 3.8) is 0 Å². The summed E-state index contributed by atoms with van der Waals surface area (Å²) in [5, 5.41) is 12.1. The van der Waals surface area contributed by atoms with Crippen molar-refractivity contribution >= 4 is 0 Å². The van der Waals surface area contributed by atoms with Gasteiger partial charge in [-0.1, -0.05) is 12.8 Å². The second-order valence-corrected chi connectivity index (χ2v) is 5.17. The van der Waals surface area contributed by atoms with Gasteiger partial charge in [-0.15, -0.1) is 10.2 Å². The van der Waals surface area contributed by atoms with Crippen LogP contribution in [-0.4, -0.2) is 33.5 Å². The molecular weight excluding hydrogens is 216 g/mol. The van der Waals surface area contributed by atoms with E-state index in [2.05, 4.69) is 20.1 Å². The van der Waals surface area contributed by atoms with Crippen molar-refractivity contribution in [1.29, 1.82) is 0 Å². The first-order valence-corrected chi connectivity index (χ1v) is 6.46. The molecule has 1 aromatic rings. The smallest absolute Gasteiger partial charge is 0.152 e. The maximum absolute atomic E-state index is 6.11. The van der Waals surface area contributed by atoms with Gasteiger partial charge in [-0.25, -0.2) is 0 Å². The number of nitrogens with zero attached hydrogens (tertiary/aromatic N) is 3. The molecule has 3 rings (SSSR count). The second kappa shape index (κ2) is 4.07. The van der Waals surface area contributed by atoms with Crippen LogP contribution in [0.4, 0.5) is 0 Å². The van der Waals surface area contributed by atoms with E-state index in [1.807, 2.05) is 14.0 Å². The molecule has 1 saturated heterocycles. The van der Waals surface area contributed by atoms with E-state index in [0.717, 1.165) is 37.6 Å². The average Bonchev–Trinajstić information content (AvgIpc) is 2.91. The molecule has 2 heterocycles. The summed E-state index contributed by atoms with van der Waals surface area (Å²) >= 11 is 0. The molecule has 1 N–H and O–H groups in total. The van der Waals surface area contributed by atoms with Gasteiger partial charge < -0.3 is 14.6 Å². The van der Waals surface area contributed by atoms with E-state index in [1.165, 1.54) is 12.8 Å². The van der Waals surface area contributed by atoms with E-state index in [-0.39, 0.29) is 11.6 Å². The standard InChI is InChI=1S/C12H20N4O/c1-9-14-15-11(16(9)2)10-12(5-3-4-6-12)17-8-7-13-10/h10,13H,3-8H2,1-2H3. The second-order valence-electron chi connectivity index (χ2n) is 5.17. The fourth-order valence-corrected chi connectivity index (χ4v) is 3.13. The van der Waals surface area contributed by atoms with Gasteiger partial charge in [-0.05, 0) is 19.8 Å². The van der Waals surface area contributed by atoms with Crippen LogP contribution in [0.15, 0.2) is 0 Å². The van der Waals surface area contributed by atoms with Crippen molar-refractivity contribution in [2.45, 2.75) is 44.2 Å². The lowest BCUT2D eigenvalue weighted by Gasteiger charge is -2.41. The first kappa shape index (κ1) is 11.2. The summed E-state index contributed by atoms with van der Waals surface area (Å²) in [5.41, 5.74) is -0.0362. The lowest BCUT2D eigenvalue weighted by Crippen LogP contribution is -2.51. The number of ether oxygens (including phenoxy) is 1. The van der Waals surface area contributed by atoms with Crippen LogP contribution in [0, 0.1) is 6.92 Å². The van der Waals surface area contributed by atoms with Gasteiger partial charge >= 0.3 is 0 Å². The molecule has 1 unspecified atom stereocenters. The monoisotopic (exact) mass is 236 g/mol. The highest BCUT2D eigenvalue weighted by molar-refractivity contribution is 5.11.